The summed E-state index contributed by atoms with van der Waals surface area (Å²) >= 11 is 15.2. The van der Waals surface area contributed by atoms with Crippen molar-refractivity contribution in [1.29, 1.82) is 0 Å². The van der Waals surface area contributed by atoms with Gasteiger partial charge in [0, 0.05) is 10.7 Å². The van der Waals surface area contributed by atoms with Crippen molar-refractivity contribution in [2.24, 2.45) is 0 Å². The monoisotopic (exact) mass is 726 g/mol. The molecule has 1 fully saturated rings. The lowest BCUT2D eigenvalue weighted by molar-refractivity contribution is -0.123. The van der Waals surface area contributed by atoms with E-state index in [0.717, 1.165) is 22.2 Å². The molecule has 0 aromatic heterocycles. The molecule has 214 valence electrons. The van der Waals surface area contributed by atoms with Crippen LogP contribution in [0.5, 0.6) is 17.2 Å². The molecule has 0 unspecified atom stereocenters. The first-order valence-electron chi connectivity index (χ1n) is 12.4. The molecule has 1 heterocycles. The van der Waals surface area contributed by atoms with Gasteiger partial charge < -0.3 is 19.5 Å². The van der Waals surface area contributed by atoms with E-state index in [1.54, 1.807) is 54.6 Å². The molecule has 3 aromatic rings. The Morgan fingerprint density at radius 2 is 1.80 bits per heavy atom. The zero-order valence-electron chi connectivity index (χ0n) is 22.0. The fourth-order valence-corrected chi connectivity index (χ4v) is 5.75. The molecule has 41 heavy (non-hydrogen) atoms. The van der Waals surface area contributed by atoms with E-state index >= 15 is 0 Å². The molecule has 1 aliphatic rings. The Balaban J connectivity index is 1.42. The largest absolute Gasteiger partial charge is 0.490 e. The number of anilines is 1. The molecule has 0 spiro atoms. The number of thioether (sulfide) groups is 1. The van der Waals surface area contributed by atoms with Crippen LogP contribution in [-0.2, 0) is 9.59 Å². The molecule has 3 amide bonds. The summed E-state index contributed by atoms with van der Waals surface area (Å²) in [5.41, 5.74) is 2.11. The van der Waals surface area contributed by atoms with Gasteiger partial charge in [0.2, 0.25) is 0 Å². The Morgan fingerprint density at radius 1 is 1.02 bits per heavy atom. The number of carbonyl (C=O) groups is 3. The number of rotatable bonds is 11. The van der Waals surface area contributed by atoms with Crippen LogP contribution in [0.1, 0.15) is 18.1 Å². The summed E-state index contributed by atoms with van der Waals surface area (Å²) in [4.78, 5) is 39.5. The molecule has 0 saturated carbocycles. The third-order valence-corrected chi connectivity index (χ3v) is 8.14. The Hall–Kier alpha value is -2.93. The van der Waals surface area contributed by atoms with Gasteiger partial charge in [-0.2, -0.15) is 0 Å². The predicted octanol–water partition coefficient (Wildman–Crippen LogP) is 7.44. The molecule has 12 heteroatoms. The van der Waals surface area contributed by atoms with Gasteiger partial charge in [-0.3, -0.25) is 19.3 Å². The molecule has 8 nitrogen and oxygen atoms in total. The van der Waals surface area contributed by atoms with E-state index in [1.165, 1.54) is 0 Å². The second-order valence-corrected chi connectivity index (χ2v) is 11.6. The molecule has 0 radical (unpaired) electrons. The summed E-state index contributed by atoms with van der Waals surface area (Å²) in [5.74, 6) is 0.508. The Kier molecular flexibility index (Phi) is 10.8. The van der Waals surface area contributed by atoms with Crippen molar-refractivity contribution >= 4 is 86.4 Å². The van der Waals surface area contributed by atoms with Gasteiger partial charge in [-0.15, -0.1) is 0 Å². The number of amides is 3. The highest BCUT2D eigenvalue weighted by atomic mass is 127. The molecular formula is C29H25Cl2IN2O6S. The lowest BCUT2D eigenvalue weighted by atomic mass is 10.2. The lowest BCUT2D eigenvalue weighted by Crippen LogP contribution is -2.32. The van der Waals surface area contributed by atoms with Crippen molar-refractivity contribution < 1.29 is 28.6 Å². The minimum absolute atomic E-state index is 0.0819. The van der Waals surface area contributed by atoms with Crippen LogP contribution in [0.25, 0.3) is 6.08 Å². The zero-order chi connectivity index (χ0) is 29.5. The topological polar surface area (TPSA) is 94.2 Å². The van der Waals surface area contributed by atoms with Crippen molar-refractivity contribution in [2.75, 3.05) is 31.7 Å². The van der Waals surface area contributed by atoms with Crippen molar-refractivity contribution in [3.63, 3.8) is 0 Å². The van der Waals surface area contributed by atoms with Gasteiger partial charge in [-0.25, -0.2) is 0 Å². The summed E-state index contributed by atoms with van der Waals surface area (Å²) in [6, 6.07) is 15.7. The normalized spacial score (nSPS) is 14.0. The highest BCUT2D eigenvalue weighted by Crippen LogP contribution is 2.37. The van der Waals surface area contributed by atoms with Gasteiger partial charge >= 0.3 is 0 Å². The third-order valence-electron chi connectivity index (χ3n) is 5.72. The fraction of sp³-hybridized carbons (Fsp3) is 0.207. The van der Waals surface area contributed by atoms with E-state index in [2.05, 4.69) is 27.9 Å². The van der Waals surface area contributed by atoms with E-state index in [1.807, 2.05) is 19.9 Å². The second kappa shape index (κ2) is 14.3. The van der Waals surface area contributed by atoms with E-state index in [0.29, 0.717) is 48.7 Å². The maximum absolute atomic E-state index is 13.0. The van der Waals surface area contributed by atoms with Crippen molar-refractivity contribution in [1.82, 2.24) is 4.90 Å². The van der Waals surface area contributed by atoms with Crippen LogP contribution < -0.4 is 19.5 Å². The molecule has 0 bridgehead atoms. The van der Waals surface area contributed by atoms with E-state index in [-0.39, 0.29) is 35.8 Å². The van der Waals surface area contributed by atoms with Gasteiger partial charge in [-0.05, 0) is 102 Å². The highest BCUT2D eigenvalue weighted by molar-refractivity contribution is 14.1. The number of nitrogens with one attached hydrogen (secondary N) is 1. The van der Waals surface area contributed by atoms with Gasteiger partial charge in [0.15, 0.2) is 18.1 Å². The average molecular weight is 727 g/mol. The van der Waals surface area contributed by atoms with Crippen LogP contribution in [0, 0.1) is 10.5 Å². The number of para-hydroxylation sites is 1. The van der Waals surface area contributed by atoms with E-state index in [4.69, 9.17) is 37.4 Å². The van der Waals surface area contributed by atoms with Crippen molar-refractivity contribution in [3.8, 4) is 17.2 Å². The number of imide groups is 1. The van der Waals surface area contributed by atoms with Crippen LogP contribution in [0.15, 0.2) is 59.5 Å². The van der Waals surface area contributed by atoms with Crippen LogP contribution in [-0.4, -0.2) is 48.3 Å². The summed E-state index contributed by atoms with van der Waals surface area (Å²) in [6.07, 6.45) is 1.63. The van der Waals surface area contributed by atoms with Crippen LogP contribution >= 0.6 is 57.6 Å². The number of carbonyl (C=O) groups excluding carboxylic acids is 3. The molecule has 1 N–H and O–H groups in total. The summed E-state index contributed by atoms with van der Waals surface area (Å²) in [5, 5.41) is 3.37. The van der Waals surface area contributed by atoms with Gasteiger partial charge in [0.05, 0.1) is 26.6 Å². The van der Waals surface area contributed by atoms with Crippen LogP contribution in [0.4, 0.5) is 10.5 Å². The van der Waals surface area contributed by atoms with E-state index in [9.17, 15) is 14.4 Å². The number of nitrogens with zero attached hydrogens (tertiary/aromatic N) is 1. The van der Waals surface area contributed by atoms with Gasteiger partial charge in [-0.1, -0.05) is 41.4 Å². The lowest BCUT2D eigenvalue weighted by Gasteiger charge is -2.15. The number of hydrogen-bond donors (Lipinski definition) is 1. The first-order chi connectivity index (χ1) is 19.7. The SMILES string of the molecule is CCOc1cc(/C=C2\SC(=O)N(CCOc3ccccc3Cl)C2=O)cc(I)c1OCC(=O)Nc1ccc(C)c(Cl)c1. The number of benzene rings is 3. The predicted molar refractivity (Wildman–Crippen MR) is 170 cm³/mol. The molecule has 1 saturated heterocycles. The van der Waals surface area contributed by atoms with E-state index < -0.39 is 5.91 Å². The summed E-state index contributed by atoms with van der Waals surface area (Å²) in [7, 11) is 0. The zero-order valence-corrected chi connectivity index (χ0v) is 26.5. The maximum Gasteiger partial charge on any atom is 0.293 e. The Morgan fingerprint density at radius 3 is 2.54 bits per heavy atom. The maximum atomic E-state index is 13.0. The molecule has 4 rings (SSSR count). The van der Waals surface area contributed by atoms with Crippen LogP contribution in [0.3, 0.4) is 0 Å². The summed E-state index contributed by atoms with van der Waals surface area (Å²) < 4.78 is 17.9. The standard InChI is InChI=1S/C29H25Cl2IN2O6S/c1-3-38-24-13-18(12-22(32)27(24)40-16-26(35)33-19-9-8-17(2)21(31)15-19)14-25-28(36)34(29(37)41-25)10-11-39-23-7-5-4-6-20(23)30/h4-9,12-15H,3,10-11,16H2,1-2H3,(H,33,35)/b25-14-. The molecule has 0 aliphatic carbocycles. The Labute approximate surface area is 265 Å². The highest BCUT2D eigenvalue weighted by Gasteiger charge is 2.35. The summed E-state index contributed by atoms with van der Waals surface area (Å²) in [6.45, 7) is 3.99. The Bertz CT molecular complexity index is 1520. The fourth-order valence-electron chi connectivity index (χ4n) is 3.73. The number of aryl methyl sites for hydroxylation is 1. The number of ether oxygens (including phenoxy) is 3. The number of hydrogen-bond acceptors (Lipinski definition) is 7. The second-order valence-electron chi connectivity index (χ2n) is 8.68. The molecule has 1 aliphatic heterocycles. The van der Waals surface area contributed by atoms with Crippen LogP contribution in [0.2, 0.25) is 10.0 Å². The molecule has 0 atom stereocenters. The quantitative estimate of drug-likeness (QED) is 0.162. The van der Waals surface area contributed by atoms with Crippen molar-refractivity contribution in [3.05, 3.63) is 84.2 Å². The molecular weight excluding hydrogens is 702 g/mol. The minimum atomic E-state index is -0.413. The minimum Gasteiger partial charge on any atom is -0.490 e. The number of halogens is 3. The molecule has 3 aromatic carbocycles. The van der Waals surface area contributed by atoms with Gasteiger partial charge in [0.25, 0.3) is 17.1 Å². The third kappa shape index (κ3) is 8.09. The smallest absolute Gasteiger partial charge is 0.293 e. The van der Waals surface area contributed by atoms with Gasteiger partial charge in [0.1, 0.15) is 12.4 Å². The van der Waals surface area contributed by atoms with Crippen molar-refractivity contribution in [2.45, 2.75) is 13.8 Å². The first kappa shape index (κ1) is 31.0. The first-order valence-corrected chi connectivity index (χ1v) is 15.1. The average Bonchev–Trinajstić information content (AvgIpc) is 3.18.